The second-order valence-electron chi connectivity index (χ2n) is 6.34. The van der Waals surface area contributed by atoms with Gasteiger partial charge in [0.15, 0.2) is 0 Å². The molecular weight excluding hydrogens is 352 g/mol. The van der Waals surface area contributed by atoms with Crippen molar-refractivity contribution in [1.82, 2.24) is 5.43 Å². The van der Waals surface area contributed by atoms with E-state index in [1.807, 2.05) is 6.92 Å². The van der Waals surface area contributed by atoms with E-state index in [1.165, 1.54) is 12.1 Å². The maximum Gasteiger partial charge on any atom is 0.241 e. The molecule has 0 unspecified atom stereocenters. The van der Waals surface area contributed by atoms with E-state index in [4.69, 9.17) is 4.74 Å². The topological polar surface area (TPSA) is 84.5 Å². The van der Waals surface area contributed by atoms with E-state index in [-0.39, 0.29) is 21.6 Å². The molecule has 0 spiro atoms. The number of hydrogen-bond acceptors (Lipinski definition) is 5. The van der Waals surface area contributed by atoms with Gasteiger partial charge in [0, 0.05) is 19.1 Å². The quantitative estimate of drug-likeness (QED) is 0.786. The third kappa shape index (κ3) is 4.23. The lowest BCUT2D eigenvalue weighted by Crippen LogP contribution is -2.37. The predicted molar refractivity (Wildman–Crippen MR) is 98.4 cm³/mol. The smallest absolute Gasteiger partial charge is 0.241 e. The fraction of sp³-hybridized carbons (Fsp3) is 0.316. The fourth-order valence-electron chi connectivity index (χ4n) is 2.77. The van der Waals surface area contributed by atoms with Crippen LogP contribution in [-0.2, 0) is 19.4 Å². The highest BCUT2D eigenvalue weighted by molar-refractivity contribution is 7.91. The van der Waals surface area contributed by atoms with Crippen LogP contribution in [0.2, 0.25) is 0 Å². The number of sulfone groups is 1. The Kier molecular flexibility index (Phi) is 5.58. The van der Waals surface area contributed by atoms with Crippen molar-refractivity contribution >= 4 is 21.4 Å². The molecule has 1 amide bonds. The van der Waals surface area contributed by atoms with Crippen LogP contribution in [0.4, 0.5) is 5.69 Å². The summed E-state index contributed by atoms with van der Waals surface area (Å²) in [5.41, 5.74) is 7.13. The van der Waals surface area contributed by atoms with Crippen LogP contribution in [-0.4, -0.2) is 27.5 Å². The summed E-state index contributed by atoms with van der Waals surface area (Å²) in [5.74, 6) is -0.137. The van der Waals surface area contributed by atoms with Crippen molar-refractivity contribution in [2.24, 2.45) is 5.92 Å². The maximum atomic E-state index is 12.6. The van der Waals surface area contributed by atoms with Crippen LogP contribution in [0, 0.1) is 12.8 Å². The second-order valence-corrected chi connectivity index (χ2v) is 8.29. The minimum Gasteiger partial charge on any atom is -0.381 e. The van der Waals surface area contributed by atoms with E-state index in [0.717, 1.165) is 5.56 Å². The normalized spacial score (nSPS) is 15.4. The summed E-state index contributed by atoms with van der Waals surface area (Å²) in [4.78, 5) is 12.6. The standard InChI is InChI=1S/C19H22N2O4S/c1-14-2-6-17(7-3-14)26(23,24)18-8-4-16(5-9-18)20-21-19(22)15-10-12-25-13-11-15/h2-9,15,20H,10-13H2,1H3,(H,21,22). The average Bonchev–Trinajstić information content (AvgIpc) is 2.67. The van der Waals surface area contributed by atoms with E-state index in [9.17, 15) is 13.2 Å². The number of aryl methyl sites for hydroxylation is 1. The van der Waals surface area contributed by atoms with Gasteiger partial charge in [0.1, 0.15) is 0 Å². The van der Waals surface area contributed by atoms with Crippen molar-refractivity contribution in [3.05, 3.63) is 54.1 Å². The van der Waals surface area contributed by atoms with Gasteiger partial charge in [-0.15, -0.1) is 0 Å². The summed E-state index contributed by atoms with van der Waals surface area (Å²) >= 11 is 0. The lowest BCUT2D eigenvalue weighted by molar-refractivity contribution is -0.127. The zero-order valence-electron chi connectivity index (χ0n) is 14.6. The van der Waals surface area contributed by atoms with Crippen LogP contribution < -0.4 is 10.9 Å². The van der Waals surface area contributed by atoms with Crippen LogP contribution in [0.5, 0.6) is 0 Å². The molecule has 1 saturated heterocycles. The highest BCUT2D eigenvalue weighted by Crippen LogP contribution is 2.22. The molecule has 0 radical (unpaired) electrons. The number of rotatable bonds is 5. The van der Waals surface area contributed by atoms with E-state index in [2.05, 4.69) is 10.9 Å². The molecule has 138 valence electrons. The van der Waals surface area contributed by atoms with Gasteiger partial charge < -0.3 is 4.74 Å². The van der Waals surface area contributed by atoms with Gasteiger partial charge in [0.2, 0.25) is 15.7 Å². The number of nitrogens with one attached hydrogen (secondary N) is 2. The molecule has 0 bridgehead atoms. The van der Waals surface area contributed by atoms with Crippen molar-refractivity contribution in [3.63, 3.8) is 0 Å². The van der Waals surface area contributed by atoms with Gasteiger partial charge in [-0.2, -0.15) is 0 Å². The van der Waals surface area contributed by atoms with Gasteiger partial charge in [-0.25, -0.2) is 8.42 Å². The van der Waals surface area contributed by atoms with E-state index < -0.39 is 9.84 Å². The maximum absolute atomic E-state index is 12.6. The average molecular weight is 374 g/mol. The Morgan fingerprint density at radius 2 is 1.50 bits per heavy atom. The molecule has 1 heterocycles. The number of carbonyl (C=O) groups excluding carboxylic acids is 1. The summed E-state index contributed by atoms with van der Waals surface area (Å²) in [6, 6.07) is 13.1. The summed E-state index contributed by atoms with van der Waals surface area (Å²) in [5, 5.41) is 0. The first-order chi connectivity index (χ1) is 12.5. The molecular formula is C19H22N2O4S. The van der Waals surface area contributed by atoms with E-state index in [1.54, 1.807) is 36.4 Å². The largest absolute Gasteiger partial charge is 0.381 e. The summed E-state index contributed by atoms with van der Waals surface area (Å²) in [6.45, 7) is 3.11. The van der Waals surface area contributed by atoms with Crippen LogP contribution in [0.15, 0.2) is 58.3 Å². The highest BCUT2D eigenvalue weighted by Gasteiger charge is 2.21. The lowest BCUT2D eigenvalue weighted by atomic mass is 10.00. The van der Waals surface area contributed by atoms with Gasteiger partial charge in [0.25, 0.3) is 0 Å². The fourth-order valence-corrected chi connectivity index (χ4v) is 4.03. The molecule has 7 heteroatoms. The Morgan fingerprint density at radius 3 is 2.08 bits per heavy atom. The molecule has 0 atom stereocenters. The number of amides is 1. The molecule has 1 aliphatic rings. The Bertz CT molecular complexity index is 855. The molecule has 26 heavy (non-hydrogen) atoms. The van der Waals surface area contributed by atoms with Crippen LogP contribution in [0.1, 0.15) is 18.4 Å². The zero-order valence-corrected chi connectivity index (χ0v) is 15.4. The van der Waals surface area contributed by atoms with Crippen molar-refractivity contribution in [2.45, 2.75) is 29.6 Å². The van der Waals surface area contributed by atoms with Gasteiger partial charge in [-0.1, -0.05) is 17.7 Å². The number of benzene rings is 2. The number of hydrogen-bond donors (Lipinski definition) is 2. The minimum absolute atomic E-state index is 0.0579. The molecule has 6 nitrogen and oxygen atoms in total. The van der Waals surface area contributed by atoms with Crippen molar-refractivity contribution in [1.29, 1.82) is 0 Å². The molecule has 2 aromatic carbocycles. The van der Waals surface area contributed by atoms with Crippen LogP contribution in [0.3, 0.4) is 0 Å². The third-order valence-electron chi connectivity index (χ3n) is 4.42. The Balaban J connectivity index is 1.64. The molecule has 0 aromatic heterocycles. The first-order valence-electron chi connectivity index (χ1n) is 8.52. The van der Waals surface area contributed by atoms with E-state index >= 15 is 0 Å². The molecule has 1 fully saturated rings. The summed E-state index contributed by atoms with van der Waals surface area (Å²) in [6.07, 6.45) is 1.42. The molecule has 2 aromatic rings. The van der Waals surface area contributed by atoms with Crippen molar-refractivity contribution < 1.29 is 17.9 Å². The van der Waals surface area contributed by atoms with Gasteiger partial charge in [-0.05, 0) is 56.2 Å². The molecule has 2 N–H and O–H groups in total. The van der Waals surface area contributed by atoms with Crippen LogP contribution in [0.25, 0.3) is 0 Å². The van der Waals surface area contributed by atoms with Crippen LogP contribution >= 0.6 is 0 Å². The minimum atomic E-state index is -3.55. The van der Waals surface area contributed by atoms with Gasteiger partial charge in [0.05, 0.1) is 15.5 Å². The number of anilines is 1. The zero-order chi connectivity index (χ0) is 18.6. The molecule has 0 aliphatic carbocycles. The first-order valence-corrected chi connectivity index (χ1v) is 10.0. The Labute approximate surface area is 153 Å². The highest BCUT2D eigenvalue weighted by atomic mass is 32.2. The molecule has 0 saturated carbocycles. The van der Waals surface area contributed by atoms with Crippen molar-refractivity contribution in [2.75, 3.05) is 18.6 Å². The van der Waals surface area contributed by atoms with Gasteiger partial charge >= 0.3 is 0 Å². The number of carbonyl (C=O) groups is 1. The lowest BCUT2D eigenvalue weighted by Gasteiger charge is -2.21. The SMILES string of the molecule is Cc1ccc(S(=O)(=O)c2ccc(NNC(=O)C3CCOCC3)cc2)cc1. The third-order valence-corrected chi connectivity index (χ3v) is 6.20. The summed E-state index contributed by atoms with van der Waals surface area (Å²) in [7, 11) is -3.55. The molecule has 3 rings (SSSR count). The molecule has 1 aliphatic heterocycles. The first kappa shape index (κ1) is 18.4. The Hall–Kier alpha value is -2.38. The van der Waals surface area contributed by atoms with Crippen molar-refractivity contribution in [3.8, 4) is 0 Å². The predicted octanol–water partition coefficient (Wildman–Crippen LogP) is 2.70. The number of hydrazine groups is 1. The van der Waals surface area contributed by atoms with E-state index in [0.29, 0.717) is 31.7 Å². The summed E-state index contributed by atoms with van der Waals surface area (Å²) < 4.78 is 30.5. The second kappa shape index (κ2) is 7.88. The monoisotopic (exact) mass is 374 g/mol. The Morgan fingerprint density at radius 1 is 0.962 bits per heavy atom. The van der Waals surface area contributed by atoms with Gasteiger partial charge in [-0.3, -0.25) is 15.6 Å². The number of ether oxygens (including phenoxy) is 1.